The van der Waals surface area contributed by atoms with Crippen LogP contribution in [0.25, 0.3) is 10.8 Å². The van der Waals surface area contributed by atoms with Gasteiger partial charge < -0.3 is 10.1 Å². The summed E-state index contributed by atoms with van der Waals surface area (Å²) in [7, 11) is 0. The fourth-order valence-corrected chi connectivity index (χ4v) is 4.05. The first-order valence-corrected chi connectivity index (χ1v) is 10.9. The maximum absolute atomic E-state index is 13.0. The Hall–Kier alpha value is -2.64. The molecule has 3 N–H and O–H groups in total. The van der Waals surface area contributed by atoms with E-state index in [0.717, 1.165) is 22.9 Å². The van der Waals surface area contributed by atoms with Crippen LogP contribution in [-0.4, -0.2) is 52.7 Å². The number of hydrogen-bond donors (Lipinski definition) is 3. The molecule has 1 fully saturated rings. The number of hydroxylamine groups is 1. The first-order valence-electron chi connectivity index (χ1n) is 10.9. The van der Waals surface area contributed by atoms with Crippen molar-refractivity contribution in [2.24, 2.45) is 0 Å². The van der Waals surface area contributed by atoms with Gasteiger partial charge in [-0.2, -0.15) is 0 Å². The predicted molar refractivity (Wildman–Crippen MR) is 120 cm³/mol. The van der Waals surface area contributed by atoms with E-state index < -0.39 is 0 Å². The zero-order valence-corrected chi connectivity index (χ0v) is 18.6. The molecule has 1 heterocycles. The summed E-state index contributed by atoms with van der Waals surface area (Å²) in [5.74, 6) is 0.449. The van der Waals surface area contributed by atoms with E-state index in [2.05, 4.69) is 22.3 Å². The van der Waals surface area contributed by atoms with Gasteiger partial charge in [0.1, 0.15) is 11.9 Å². The Morgan fingerprint density at radius 3 is 2.61 bits per heavy atom. The minimum absolute atomic E-state index is 0.00428. The second-order valence-corrected chi connectivity index (χ2v) is 9.19. The molecule has 2 aromatic rings. The monoisotopic (exact) mass is 427 g/mol. The smallest absolute Gasteiger partial charge is 0.243 e. The maximum Gasteiger partial charge on any atom is 0.243 e. The lowest BCUT2D eigenvalue weighted by molar-refractivity contribution is -0.129. The van der Waals surface area contributed by atoms with Crippen molar-refractivity contribution in [3.8, 4) is 5.75 Å². The Morgan fingerprint density at radius 1 is 1.13 bits per heavy atom. The number of amides is 2. The van der Waals surface area contributed by atoms with Crippen molar-refractivity contribution in [3.05, 3.63) is 42.5 Å². The molecule has 0 saturated carbocycles. The predicted octanol–water partition coefficient (Wildman–Crippen LogP) is 3.25. The number of nitrogens with zero attached hydrogens (tertiary/aromatic N) is 1. The van der Waals surface area contributed by atoms with E-state index in [-0.39, 0.29) is 35.9 Å². The molecular weight excluding hydrogens is 394 g/mol. The van der Waals surface area contributed by atoms with Gasteiger partial charge in [0.05, 0.1) is 6.04 Å². The molecule has 1 aliphatic heterocycles. The van der Waals surface area contributed by atoms with Crippen LogP contribution in [-0.2, 0) is 9.59 Å². The highest BCUT2D eigenvalue weighted by molar-refractivity contribution is 5.88. The van der Waals surface area contributed by atoms with E-state index in [1.54, 1.807) is 5.48 Å². The Kier molecular flexibility index (Phi) is 7.51. The van der Waals surface area contributed by atoms with Gasteiger partial charge in [-0.05, 0) is 51.6 Å². The number of carbonyl (C=O) groups excluding carboxylic acids is 2. The second kappa shape index (κ2) is 10.1. The molecule has 0 bridgehead atoms. The zero-order chi connectivity index (χ0) is 22.4. The van der Waals surface area contributed by atoms with Crippen LogP contribution in [0.15, 0.2) is 42.5 Å². The van der Waals surface area contributed by atoms with Gasteiger partial charge in [0, 0.05) is 30.3 Å². The van der Waals surface area contributed by atoms with E-state index in [4.69, 9.17) is 9.94 Å². The van der Waals surface area contributed by atoms with Crippen LogP contribution < -0.4 is 15.5 Å². The molecule has 7 heteroatoms. The Balaban J connectivity index is 1.69. The molecule has 7 nitrogen and oxygen atoms in total. The third-order valence-electron chi connectivity index (χ3n) is 5.43. The number of ether oxygens (including phenoxy) is 1. The fourth-order valence-electron chi connectivity index (χ4n) is 4.05. The van der Waals surface area contributed by atoms with E-state index >= 15 is 0 Å². The highest BCUT2D eigenvalue weighted by atomic mass is 16.5. The van der Waals surface area contributed by atoms with Crippen molar-refractivity contribution in [1.82, 2.24) is 15.7 Å². The van der Waals surface area contributed by atoms with Gasteiger partial charge >= 0.3 is 0 Å². The van der Waals surface area contributed by atoms with E-state index in [1.165, 1.54) is 0 Å². The lowest BCUT2D eigenvalue weighted by Crippen LogP contribution is -2.50. The lowest BCUT2D eigenvalue weighted by atomic mass is 10.1. The van der Waals surface area contributed by atoms with E-state index in [9.17, 15) is 9.59 Å². The van der Waals surface area contributed by atoms with Crippen LogP contribution in [0.1, 0.15) is 46.5 Å². The summed E-state index contributed by atoms with van der Waals surface area (Å²) < 4.78 is 6.37. The van der Waals surface area contributed by atoms with Gasteiger partial charge in [0.2, 0.25) is 11.8 Å². The minimum Gasteiger partial charge on any atom is -0.488 e. The van der Waals surface area contributed by atoms with E-state index in [1.807, 2.05) is 51.1 Å². The molecule has 1 aliphatic rings. The van der Waals surface area contributed by atoms with Crippen LogP contribution in [0, 0.1) is 0 Å². The number of likely N-dealkylation sites (tertiary alicyclic amines) is 1. The van der Waals surface area contributed by atoms with Gasteiger partial charge in [-0.1, -0.05) is 36.4 Å². The lowest BCUT2D eigenvalue weighted by Gasteiger charge is -2.27. The first kappa shape index (κ1) is 23.0. The van der Waals surface area contributed by atoms with Crippen LogP contribution >= 0.6 is 0 Å². The van der Waals surface area contributed by atoms with Crippen LogP contribution in [0.2, 0.25) is 0 Å². The summed E-state index contributed by atoms with van der Waals surface area (Å²) in [6.07, 6.45) is 2.18. The number of carbonyl (C=O) groups is 2. The second-order valence-electron chi connectivity index (χ2n) is 9.19. The number of rotatable bonds is 8. The average molecular weight is 428 g/mol. The Labute approximate surface area is 183 Å². The number of unbranched alkanes of at least 4 members (excludes halogenated alkanes) is 1. The fraction of sp³-hybridized carbons (Fsp3) is 0.500. The normalized spacial score (nSPS) is 19.4. The van der Waals surface area contributed by atoms with Crippen molar-refractivity contribution in [3.63, 3.8) is 0 Å². The molecule has 0 spiro atoms. The summed E-state index contributed by atoms with van der Waals surface area (Å²) in [5.41, 5.74) is 1.35. The van der Waals surface area contributed by atoms with Crippen molar-refractivity contribution >= 4 is 22.6 Å². The topological polar surface area (TPSA) is 90.9 Å². The van der Waals surface area contributed by atoms with Gasteiger partial charge in [0.15, 0.2) is 0 Å². The number of hydrogen-bond acceptors (Lipinski definition) is 5. The number of fused-ring (bicyclic) bond motifs is 1. The van der Waals surface area contributed by atoms with Crippen LogP contribution in [0.4, 0.5) is 0 Å². The minimum atomic E-state index is -0.388. The van der Waals surface area contributed by atoms with Crippen molar-refractivity contribution < 1.29 is 19.5 Å². The summed E-state index contributed by atoms with van der Waals surface area (Å²) >= 11 is 0. The van der Waals surface area contributed by atoms with Crippen LogP contribution in [0.5, 0.6) is 5.75 Å². The molecule has 0 unspecified atom stereocenters. The molecule has 31 heavy (non-hydrogen) atoms. The molecule has 2 atom stereocenters. The molecule has 0 radical (unpaired) electrons. The van der Waals surface area contributed by atoms with Crippen LogP contribution in [0.3, 0.4) is 0 Å². The van der Waals surface area contributed by atoms with Gasteiger partial charge in [0.25, 0.3) is 0 Å². The molecular formula is C24H33N3O4. The van der Waals surface area contributed by atoms with Gasteiger partial charge in [-0.3, -0.25) is 19.7 Å². The van der Waals surface area contributed by atoms with E-state index in [0.29, 0.717) is 25.9 Å². The Bertz CT molecular complexity index is 904. The molecule has 1 saturated heterocycles. The highest BCUT2D eigenvalue weighted by Crippen LogP contribution is 2.29. The third kappa shape index (κ3) is 6.42. The van der Waals surface area contributed by atoms with Gasteiger partial charge in [-0.25, -0.2) is 5.48 Å². The largest absolute Gasteiger partial charge is 0.488 e. The summed E-state index contributed by atoms with van der Waals surface area (Å²) in [5, 5.41) is 13.9. The molecule has 0 aromatic heterocycles. The first-order chi connectivity index (χ1) is 14.8. The Morgan fingerprint density at radius 2 is 1.87 bits per heavy atom. The number of benzene rings is 2. The van der Waals surface area contributed by atoms with Crippen molar-refractivity contribution in [2.75, 3.05) is 13.1 Å². The van der Waals surface area contributed by atoms with Gasteiger partial charge in [-0.15, -0.1) is 0 Å². The van der Waals surface area contributed by atoms with Crippen molar-refractivity contribution in [2.45, 2.75) is 64.1 Å². The van der Waals surface area contributed by atoms with Crippen molar-refractivity contribution in [1.29, 1.82) is 0 Å². The average Bonchev–Trinajstić information content (AvgIpc) is 3.13. The quantitative estimate of drug-likeness (QED) is 0.342. The molecule has 168 valence electrons. The summed E-state index contributed by atoms with van der Waals surface area (Å²) in [6.45, 7) is 7.26. The highest BCUT2D eigenvalue weighted by Gasteiger charge is 2.38. The molecule has 2 amide bonds. The SMILES string of the molecule is CC(C)(C)NC(=O)[C@@H]1C[C@H](Oc2cccc3ccccc23)CN1CCCCC(=O)NO. The number of nitrogens with one attached hydrogen (secondary N) is 2. The standard InChI is InChI=1S/C24H33N3O4/c1-24(2,3)25-23(29)20-15-18(16-27(20)14-7-6-13-22(28)26-30)31-21-12-8-10-17-9-4-5-11-19(17)21/h4-5,8-12,18,20,30H,6-7,13-16H2,1-3H3,(H,25,29)(H,26,28)/t18-,20-/m0/s1. The third-order valence-corrected chi connectivity index (χ3v) is 5.43. The maximum atomic E-state index is 13.0. The molecule has 2 aromatic carbocycles. The summed E-state index contributed by atoms with van der Waals surface area (Å²) in [6, 6.07) is 13.9. The molecule has 3 rings (SSSR count). The zero-order valence-electron chi connectivity index (χ0n) is 18.6. The molecule has 0 aliphatic carbocycles. The summed E-state index contributed by atoms with van der Waals surface area (Å²) in [4.78, 5) is 26.4.